The normalized spacial score (nSPS) is 10.4. The molecule has 14 heavy (non-hydrogen) atoms. The zero-order valence-corrected chi connectivity index (χ0v) is 7.71. The van der Waals surface area contributed by atoms with Crippen molar-refractivity contribution >= 4 is 23.4 Å². The van der Waals surface area contributed by atoms with Gasteiger partial charge in [-0.15, -0.1) is 3.89 Å². The Morgan fingerprint density at radius 3 is 2.93 bits per heavy atom. The Balaban J connectivity index is 2.56. The summed E-state index contributed by atoms with van der Waals surface area (Å²) in [6.07, 6.45) is 0. The van der Waals surface area contributed by atoms with Gasteiger partial charge in [-0.05, 0) is 24.3 Å². The van der Waals surface area contributed by atoms with E-state index in [-0.39, 0.29) is 12.4 Å². The van der Waals surface area contributed by atoms with Crippen molar-refractivity contribution in [2.45, 2.75) is 0 Å². The first-order chi connectivity index (χ1) is 6.79. The third kappa shape index (κ3) is 1.72. The highest BCUT2D eigenvalue weighted by atomic mass is 32.2. The van der Waals surface area contributed by atoms with E-state index in [0.29, 0.717) is 16.7 Å². The van der Waals surface area contributed by atoms with Crippen LogP contribution in [-0.4, -0.2) is 0 Å². The van der Waals surface area contributed by atoms with Crippen LogP contribution < -0.4 is 9.81 Å². The van der Waals surface area contributed by atoms with E-state index in [4.69, 9.17) is 4.42 Å². The van der Waals surface area contributed by atoms with E-state index in [1.54, 1.807) is 18.2 Å². The highest BCUT2D eigenvalue weighted by Gasteiger charge is 2.00. The first kappa shape index (κ1) is 9.08. The highest BCUT2D eigenvalue weighted by molar-refractivity contribution is 7.89. The van der Waals surface area contributed by atoms with E-state index >= 15 is 0 Å². The van der Waals surface area contributed by atoms with Gasteiger partial charge < -0.3 is 8.60 Å². The molecule has 0 amide bonds. The second-order valence-corrected chi connectivity index (χ2v) is 2.89. The summed E-state index contributed by atoms with van der Waals surface area (Å²) < 4.78 is 21.2. The molecule has 1 heterocycles. The van der Waals surface area contributed by atoms with Gasteiger partial charge in [0.25, 0.3) is 12.4 Å². The van der Waals surface area contributed by atoms with E-state index in [9.17, 15) is 8.68 Å². The van der Waals surface area contributed by atoms with E-state index < -0.39 is 5.63 Å². The fourth-order valence-electron chi connectivity index (χ4n) is 1.14. The predicted molar refractivity (Wildman–Crippen MR) is 51.8 cm³/mol. The Labute approximate surface area is 83.0 Å². The molecule has 5 heteroatoms. The smallest absolute Gasteiger partial charge is 0.336 e. The van der Waals surface area contributed by atoms with Crippen LogP contribution in [0, 0.1) is 0 Å². The molecule has 1 aromatic heterocycles. The lowest BCUT2D eigenvalue weighted by Gasteiger charge is -1.99. The molecule has 0 aliphatic carbocycles. The monoisotopic (exact) mass is 212 g/mol. The zero-order valence-electron chi connectivity index (χ0n) is 6.90. The van der Waals surface area contributed by atoms with Gasteiger partial charge in [0.15, 0.2) is 0 Å². The van der Waals surface area contributed by atoms with E-state index in [1.165, 1.54) is 12.1 Å². The molecule has 0 aliphatic heterocycles. The number of halogens is 1. The number of rotatable bonds is 2. The third-order valence-corrected chi connectivity index (χ3v) is 1.97. The Kier molecular flexibility index (Phi) is 2.41. The van der Waals surface area contributed by atoms with Gasteiger partial charge in [-0.1, -0.05) is 0 Å². The summed E-state index contributed by atoms with van der Waals surface area (Å²) in [4.78, 5) is 10.8. The molecule has 0 radical (unpaired) electrons. The van der Waals surface area contributed by atoms with Crippen LogP contribution in [0.5, 0.6) is 5.75 Å². The van der Waals surface area contributed by atoms with Gasteiger partial charge in [0, 0.05) is 11.5 Å². The van der Waals surface area contributed by atoms with Gasteiger partial charge in [-0.2, -0.15) is 0 Å². The van der Waals surface area contributed by atoms with Crippen molar-refractivity contribution in [2.24, 2.45) is 0 Å². The number of hydrogen-bond donors (Lipinski definition) is 0. The maximum absolute atomic E-state index is 11.8. The minimum absolute atomic E-state index is 0.226. The molecule has 2 aromatic rings. The van der Waals surface area contributed by atoms with Crippen molar-refractivity contribution in [3.8, 4) is 5.75 Å². The van der Waals surface area contributed by atoms with Crippen molar-refractivity contribution in [3.05, 3.63) is 40.8 Å². The fourth-order valence-corrected chi connectivity index (χ4v) is 1.31. The average molecular weight is 212 g/mol. The van der Waals surface area contributed by atoms with Crippen LogP contribution in [0.4, 0.5) is 3.89 Å². The molecule has 0 saturated heterocycles. The van der Waals surface area contributed by atoms with Crippen LogP contribution in [0.15, 0.2) is 39.5 Å². The summed E-state index contributed by atoms with van der Waals surface area (Å²) >= 11 is -0.226. The van der Waals surface area contributed by atoms with Crippen LogP contribution in [0.3, 0.4) is 0 Å². The van der Waals surface area contributed by atoms with Gasteiger partial charge >= 0.3 is 5.63 Å². The molecule has 0 fully saturated rings. The maximum Gasteiger partial charge on any atom is 0.336 e. The Bertz CT molecular complexity index is 509. The quantitative estimate of drug-likeness (QED) is 0.566. The number of benzene rings is 1. The van der Waals surface area contributed by atoms with E-state index in [1.807, 2.05) is 0 Å². The van der Waals surface area contributed by atoms with E-state index in [0.717, 1.165) is 0 Å². The lowest BCUT2D eigenvalue weighted by molar-refractivity contribution is 0.559. The van der Waals surface area contributed by atoms with E-state index in [2.05, 4.69) is 4.18 Å². The molecule has 0 unspecified atom stereocenters. The summed E-state index contributed by atoms with van der Waals surface area (Å²) in [5.74, 6) is 0.374. The molecule has 0 bridgehead atoms. The van der Waals surface area contributed by atoms with Gasteiger partial charge in [0.1, 0.15) is 11.3 Å². The molecule has 0 spiro atoms. The summed E-state index contributed by atoms with van der Waals surface area (Å²) in [7, 11) is 0. The van der Waals surface area contributed by atoms with Crippen molar-refractivity contribution < 1.29 is 12.5 Å². The second kappa shape index (κ2) is 3.71. The maximum atomic E-state index is 11.8. The molecule has 2 rings (SSSR count). The van der Waals surface area contributed by atoms with Gasteiger partial charge in [-0.25, -0.2) is 4.79 Å². The Hall–Kier alpha value is -1.49. The van der Waals surface area contributed by atoms with Crippen molar-refractivity contribution in [1.82, 2.24) is 0 Å². The molecular formula is C9H5FO3S. The molecule has 3 nitrogen and oxygen atoms in total. The van der Waals surface area contributed by atoms with Gasteiger partial charge in [-0.3, -0.25) is 0 Å². The second-order valence-electron chi connectivity index (χ2n) is 2.60. The predicted octanol–water partition coefficient (Wildman–Crippen LogP) is 2.70. The molecule has 0 N–H and O–H groups in total. The molecular weight excluding hydrogens is 207 g/mol. The van der Waals surface area contributed by atoms with Crippen molar-refractivity contribution in [2.75, 3.05) is 0 Å². The standard InChI is InChI=1S/C9H5FO3S/c10-14-13-7-2-3-8-6(5-7)1-4-9(11)12-8/h1-5H. The first-order valence-electron chi connectivity index (χ1n) is 3.79. The van der Waals surface area contributed by atoms with Crippen LogP contribution in [0.2, 0.25) is 0 Å². The lowest BCUT2D eigenvalue weighted by Crippen LogP contribution is -1.93. The Morgan fingerprint density at radius 1 is 1.29 bits per heavy atom. The minimum atomic E-state index is -0.411. The molecule has 1 aromatic carbocycles. The largest absolute Gasteiger partial charge is 0.423 e. The SMILES string of the molecule is O=c1ccc2cc(OSF)ccc2o1. The van der Waals surface area contributed by atoms with Crippen molar-refractivity contribution in [3.63, 3.8) is 0 Å². The van der Waals surface area contributed by atoms with Crippen LogP contribution in [-0.2, 0) is 0 Å². The zero-order chi connectivity index (χ0) is 9.97. The highest BCUT2D eigenvalue weighted by Crippen LogP contribution is 2.22. The summed E-state index contributed by atoms with van der Waals surface area (Å²) in [6.45, 7) is 0. The number of fused-ring (bicyclic) bond motifs is 1. The molecule has 72 valence electrons. The molecule has 0 aliphatic rings. The Morgan fingerprint density at radius 2 is 2.14 bits per heavy atom. The first-order valence-corrected chi connectivity index (χ1v) is 4.43. The van der Waals surface area contributed by atoms with Gasteiger partial charge in [0.2, 0.25) is 0 Å². The summed E-state index contributed by atoms with van der Waals surface area (Å²) in [5, 5.41) is 0.691. The molecule has 0 saturated carbocycles. The average Bonchev–Trinajstić information content (AvgIpc) is 2.19. The van der Waals surface area contributed by atoms with Gasteiger partial charge in [0.05, 0.1) is 0 Å². The molecule has 0 atom stereocenters. The minimum Gasteiger partial charge on any atom is -0.423 e. The summed E-state index contributed by atoms with van der Waals surface area (Å²) in [5.41, 5.74) is 0.0414. The van der Waals surface area contributed by atoms with Crippen LogP contribution in [0.1, 0.15) is 0 Å². The van der Waals surface area contributed by atoms with Crippen LogP contribution >= 0.6 is 12.4 Å². The topological polar surface area (TPSA) is 39.4 Å². The number of hydrogen-bond acceptors (Lipinski definition) is 4. The summed E-state index contributed by atoms with van der Waals surface area (Å²) in [6, 6.07) is 7.57. The lowest BCUT2D eigenvalue weighted by atomic mass is 10.2. The third-order valence-electron chi connectivity index (χ3n) is 1.72. The fraction of sp³-hybridized carbons (Fsp3) is 0. The van der Waals surface area contributed by atoms with Crippen molar-refractivity contribution in [1.29, 1.82) is 0 Å². The van der Waals surface area contributed by atoms with Crippen LogP contribution in [0.25, 0.3) is 11.0 Å².